The largest absolute Gasteiger partial charge is 0.382 e. The summed E-state index contributed by atoms with van der Waals surface area (Å²) in [6, 6.07) is 0.742. The molecule has 1 rings (SSSR count). The number of hydrogen-bond donors (Lipinski definition) is 1. The Bertz CT molecular complexity index is 147. The topological polar surface area (TPSA) is 21.3 Å². The maximum atomic E-state index is 5.35. The van der Waals surface area contributed by atoms with Crippen molar-refractivity contribution in [3.05, 3.63) is 0 Å². The summed E-state index contributed by atoms with van der Waals surface area (Å²) < 4.78 is 5.35. The highest BCUT2D eigenvalue weighted by atomic mass is 16.5. The zero-order chi connectivity index (χ0) is 10.4. The van der Waals surface area contributed by atoms with Gasteiger partial charge in [-0.2, -0.15) is 0 Å². The average molecular weight is 199 g/mol. The van der Waals surface area contributed by atoms with Gasteiger partial charge in [-0.3, -0.25) is 0 Å². The van der Waals surface area contributed by atoms with Gasteiger partial charge in [0.25, 0.3) is 0 Å². The molecule has 0 heterocycles. The van der Waals surface area contributed by atoms with Crippen LogP contribution in [0.25, 0.3) is 0 Å². The summed E-state index contributed by atoms with van der Waals surface area (Å²) in [5.41, 5.74) is 0. The number of methoxy groups -OCH3 is 1. The number of nitrogens with one attached hydrogen (secondary N) is 1. The molecule has 1 saturated carbocycles. The van der Waals surface area contributed by atoms with Crippen molar-refractivity contribution in [2.24, 2.45) is 5.92 Å². The smallest absolute Gasteiger partial charge is 0.0546 e. The maximum absolute atomic E-state index is 5.35. The lowest BCUT2D eigenvalue weighted by molar-refractivity contribution is 0.0791. The molecule has 0 aliphatic heterocycles. The second kappa shape index (κ2) is 6.41. The summed E-state index contributed by atoms with van der Waals surface area (Å²) >= 11 is 0. The van der Waals surface area contributed by atoms with Gasteiger partial charge in [0.15, 0.2) is 0 Å². The lowest BCUT2D eigenvalue weighted by Gasteiger charge is -2.33. The fraction of sp³-hybridized carbons (Fsp3) is 1.00. The minimum atomic E-state index is 0.416. The Labute approximate surface area is 88.4 Å². The Morgan fingerprint density at radius 1 is 1.36 bits per heavy atom. The average Bonchev–Trinajstić information content (AvgIpc) is 2.21. The number of hydrogen-bond acceptors (Lipinski definition) is 2. The molecule has 2 nitrogen and oxygen atoms in total. The van der Waals surface area contributed by atoms with E-state index in [1.54, 1.807) is 0 Å². The van der Waals surface area contributed by atoms with E-state index in [1.807, 2.05) is 7.11 Å². The molecular weight excluding hydrogens is 174 g/mol. The second-order valence-corrected chi connectivity index (χ2v) is 4.49. The molecule has 3 atom stereocenters. The van der Waals surface area contributed by atoms with Crippen molar-refractivity contribution in [3.63, 3.8) is 0 Å². The van der Waals surface area contributed by atoms with Crippen LogP contribution in [0, 0.1) is 5.92 Å². The van der Waals surface area contributed by atoms with E-state index in [1.165, 1.54) is 32.1 Å². The van der Waals surface area contributed by atoms with Crippen LogP contribution in [0.15, 0.2) is 0 Å². The SMILES string of the molecule is CCNC1CCCCC1CC(C)OC. The quantitative estimate of drug-likeness (QED) is 0.735. The zero-order valence-electron chi connectivity index (χ0n) is 9.88. The molecule has 0 radical (unpaired) electrons. The van der Waals surface area contributed by atoms with Gasteiger partial charge in [0.1, 0.15) is 0 Å². The van der Waals surface area contributed by atoms with Crippen molar-refractivity contribution in [2.45, 2.75) is 58.1 Å². The van der Waals surface area contributed by atoms with Crippen LogP contribution >= 0.6 is 0 Å². The minimum absolute atomic E-state index is 0.416. The fourth-order valence-electron chi connectivity index (χ4n) is 2.54. The van der Waals surface area contributed by atoms with Gasteiger partial charge in [-0.25, -0.2) is 0 Å². The summed E-state index contributed by atoms with van der Waals surface area (Å²) in [6.07, 6.45) is 7.17. The predicted octanol–water partition coefficient (Wildman–Crippen LogP) is 2.58. The van der Waals surface area contributed by atoms with E-state index < -0.39 is 0 Å². The standard InChI is InChI=1S/C12H25NO/c1-4-13-12-8-6-5-7-11(12)9-10(2)14-3/h10-13H,4-9H2,1-3H3. The first-order chi connectivity index (χ1) is 6.77. The van der Waals surface area contributed by atoms with Crippen LogP contribution in [-0.2, 0) is 4.74 Å². The first kappa shape index (κ1) is 12.0. The molecule has 2 heteroatoms. The van der Waals surface area contributed by atoms with Gasteiger partial charge in [0, 0.05) is 13.2 Å². The van der Waals surface area contributed by atoms with Crippen molar-refractivity contribution in [3.8, 4) is 0 Å². The van der Waals surface area contributed by atoms with Gasteiger partial charge in [-0.05, 0) is 38.6 Å². The van der Waals surface area contributed by atoms with E-state index in [0.717, 1.165) is 18.5 Å². The van der Waals surface area contributed by atoms with Crippen LogP contribution in [0.4, 0.5) is 0 Å². The third-order valence-corrected chi connectivity index (χ3v) is 3.41. The lowest BCUT2D eigenvalue weighted by Crippen LogP contribution is -2.39. The highest BCUT2D eigenvalue weighted by Crippen LogP contribution is 2.28. The van der Waals surface area contributed by atoms with Gasteiger partial charge in [0.05, 0.1) is 6.10 Å². The van der Waals surface area contributed by atoms with Gasteiger partial charge in [-0.1, -0.05) is 19.8 Å². The summed E-state index contributed by atoms with van der Waals surface area (Å²) in [5.74, 6) is 0.832. The van der Waals surface area contributed by atoms with E-state index in [2.05, 4.69) is 19.2 Å². The Morgan fingerprint density at radius 2 is 2.07 bits per heavy atom. The van der Waals surface area contributed by atoms with Crippen LogP contribution in [0.5, 0.6) is 0 Å². The second-order valence-electron chi connectivity index (χ2n) is 4.49. The molecule has 0 aromatic rings. The molecule has 0 spiro atoms. The molecule has 0 amide bonds. The molecular formula is C12H25NO. The highest BCUT2D eigenvalue weighted by molar-refractivity contribution is 4.81. The number of ether oxygens (including phenoxy) is 1. The lowest BCUT2D eigenvalue weighted by atomic mass is 9.81. The molecule has 1 aliphatic rings. The van der Waals surface area contributed by atoms with Crippen molar-refractivity contribution < 1.29 is 4.74 Å². The molecule has 1 aliphatic carbocycles. The Balaban J connectivity index is 2.37. The van der Waals surface area contributed by atoms with Crippen molar-refractivity contribution in [2.75, 3.05) is 13.7 Å². The summed E-state index contributed by atoms with van der Waals surface area (Å²) in [5, 5.41) is 3.61. The van der Waals surface area contributed by atoms with Crippen LogP contribution < -0.4 is 5.32 Å². The molecule has 3 unspecified atom stereocenters. The molecule has 84 valence electrons. The Hall–Kier alpha value is -0.0800. The van der Waals surface area contributed by atoms with Gasteiger partial charge < -0.3 is 10.1 Å². The van der Waals surface area contributed by atoms with E-state index >= 15 is 0 Å². The molecule has 0 aromatic heterocycles. The molecule has 1 N–H and O–H groups in total. The van der Waals surface area contributed by atoms with Crippen LogP contribution in [0.2, 0.25) is 0 Å². The fourth-order valence-corrected chi connectivity index (χ4v) is 2.54. The van der Waals surface area contributed by atoms with E-state index in [4.69, 9.17) is 4.74 Å². The van der Waals surface area contributed by atoms with Crippen LogP contribution in [-0.4, -0.2) is 25.8 Å². The number of rotatable bonds is 5. The van der Waals surface area contributed by atoms with Crippen molar-refractivity contribution in [1.82, 2.24) is 5.32 Å². The monoisotopic (exact) mass is 199 g/mol. The third-order valence-electron chi connectivity index (χ3n) is 3.41. The first-order valence-corrected chi connectivity index (χ1v) is 6.04. The maximum Gasteiger partial charge on any atom is 0.0546 e. The normalized spacial score (nSPS) is 30.2. The highest BCUT2D eigenvalue weighted by Gasteiger charge is 2.25. The Morgan fingerprint density at radius 3 is 2.71 bits per heavy atom. The molecule has 0 aromatic carbocycles. The first-order valence-electron chi connectivity index (χ1n) is 6.04. The van der Waals surface area contributed by atoms with Gasteiger partial charge in [-0.15, -0.1) is 0 Å². The molecule has 0 saturated heterocycles. The van der Waals surface area contributed by atoms with E-state index in [0.29, 0.717) is 6.10 Å². The molecule has 14 heavy (non-hydrogen) atoms. The van der Waals surface area contributed by atoms with E-state index in [-0.39, 0.29) is 0 Å². The predicted molar refractivity (Wildman–Crippen MR) is 60.5 cm³/mol. The van der Waals surface area contributed by atoms with Gasteiger partial charge in [0.2, 0.25) is 0 Å². The van der Waals surface area contributed by atoms with E-state index in [9.17, 15) is 0 Å². The summed E-state index contributed by atoms with van der Waals surface area (Å²) in [7, 11) is 1.82. The minimum Gasteiger partial charge on any atom is -0.382 e. The molecule has 1 fully saturated rings. The Kier molecular flexibility index (Phi) is 5.49. The summed E-state index contributed by atoms with van der Waals surface area (Å²) in [6.45, 7) is 5.48. The summed E-state index contributed by atoms with van der Waals surface area (Å²) in [4.78, 5) is 0. The van der Waals surface area contributed by atoms with Crippen molar-refractivity contribution >= 4 is 0 Å². The third kappa shape index (κ3) is 3.58. The van der Waals surface area contributed by atoms with Crippen LogP contribution in [0.3, 0.4) is 0 Å². The van der Waals surface area contributed by atoms with Crippen molar-refractivity contribution in [1.29, 1.82) is 0 Å². The van der Waals surface area contributed by atoms with Gasteiger partial charge >= 0.3 is 0 Å². The zero-order valence-corrected chi connectivity index (χ0v) is 9.88. The van der Waals surface area contributed by atoms with Crippen LogP contribution in [0.1, 0.15) is 46.0 Å². The molecule has 0 bridgehead atoms.